The first-order valence-electron chi connectivity index (χ1n) is 7.39. The zero-order valence-electron chi connectivity index (χ0n) is 12.5. The molecule has 4 rings (SSSR count). The first-order valence-corrected chi connectivity index (χ1v) is 7.39. The normalized spacial score (nSPS) is 35.1. The van der Waals surface area contributed by atoms with E-state index in [4.69, 9.17) is 9.47 Å². The van der Waals surface area contributed by atoms with Gasteiger partial charge in [-0.3, -0.25) is 9.59 Å². The molecule has 4 atom stereocenters. The van der Waals surface area contributed by atoms with E-state index in [9.17, 15) is 9.59 Å². The molecule has 5 nitrogen and oxygen atoms in total. The number of benzene rings is 1. The lowest BCUT2D eigenvalue weighted by Crippen LogP contribution is -2.39. The molecule has 2 bridgehead atoms. The summed E-state index contributed by atoms with van der Waals surface area (Å²) >= 11 is 0. The summed E-state index contributed by atoms with van der Waals surface area (Å²) in [5, 5.41) is 0. The smallest absolute Gasteiger partial charge is 0.312 e. The Labute approximate surface area is 128 Å². The van der Waals surface area contributed by atoms with Crippen LogP contribution in [0.3, 0.4) is 0 Å². The Hall–Kier alpha value is -2.14. The SMILES string of the molecule is COC(=O)[C@H]1[C@@H]2C=C[C@]3(CN(c4ccc(C)cc4)C(=O)[C@H]13)O2. The highest BCUT2D eigenvalue weighted by atomic mass is 16.5. The van der Waals surface area contributed by atoms with Gasteiger partial charge in [-0.25, -0.2) is 0 Å². The number of carbonyl (C=O) groups is 2. The molecule has 0 aliphatic carbocycles. The molecule has 0 N–H and O–H groups in total. The molecular formula is C17H17NO4. The summed E-state index contributed by atoms with van der Waals surface area (Å²) in [5.41, 5.74) is 1.28. The van der Waals surface area contributed by atoms with Gasteiger partial charge >= 0.3 is 5.97 Å². The minimum atomic E-state index is -0.689. The lowest BCUT2D eigenvalue weighted by atomic mass is 9.77. The number of fused-ring (bicyclic) bond motifs is 1. The summed E-state index contributed by atoms with van der Waals surface area (Å²) in [7, 11) is 1.35. The molecule has 3 aliphatic rings. The van der Waals surface area contributed by atoms with Crippen LogP contribution in [0.25, 0.3) is 0 Å². The summed E-state index contributed by atoms with van der Waals surface area (Å²) in [4.78, 5) is 26.7. The molecule has 22 heavy (non-hydrogen) atoms. The second-order valence-electron chi connectivity index (χ2n) is 6.18. The Balaban J connectivity index is 1.71. The first-order chi connectivity index (χ1) is 10.6. The highest BCUT2D eigenvalue weighted by Crippen LogP contribution is 2.52. The van der Waals surface area contributed by atoms with Gasteiger partial charge < -0.3 is 14.4 Å². The number of nitrogens with zero attached hydrogens (tertiary/aromatic N) is 1. The molecule has 5 heteroatoms. The molecule has 0 saturated carbocycles. The van der Waals surface area contributed by atoms with Gasteiger partial charge in [0, 0.05) is 5.69 Å². The molecule has 114 valence electrons. The number of hydrogen-bond donors (Lipinski definition) is 0. The van der Waals surface area contributed by atoms with Gasteiger partial charge in [0.2, 0.25) is 5.91 Å². The van der Waals surface area contributed by atoms with Crippen molar-refractivity contribution in [2.75, 3.05) is 18.6 Å². The monoisotopic (exact) mass is 299 g/mol. The lowest BCUT2D eigenvalue weighted by molar-refractivity contribution is -0.149. The molecule has 3 aliphatic heterocycles. The number of rotatable bonds is 2. The zero-order chi connectivity index (χ0) is 15.5. The molecule has 1 aromatic rings. The highest BCUT2D eigenvalue weighted by Gasteiger charge is 2.67. The fourth-order valence-electron chi connectivity index (χ4n) is 3.85. The van der Waals surface area contributed by atoms with E-state index < -0.39 is 17.4 Å². The van der Waals surface area contributed by atoms with Crippen molar-refractivity contribution in [3.05, 3.63) is 42.0 Å². The predicted molar refractivity (Wildman–Crippen MR) is 79.3 cm³/mol. The minimum Gasteiger partial charge on any atom is -0.469 e. The molecule has 2 fully saturated rings. The van der Waals surface area contributed by atoms with E-state index in [1.165, 1.54) is 7.11 Å². The highest BCUT2D eigenvalue weighted by molar-refractivity contribution is 6.02. The van der Waals surface area contributed by atoms with E-state index in [0.29, 0.717) is 6.54 Å². The Morgan fingerprint density at radius 1 is 1.36 bits per heavy atom. The van der Waals surface area contributed by atoms with E-state index in [2.05, 4.69) is 0 Å². The van der Waals surface area contributed by atoms with Crippen LogP contribution in [0.5, 0.6) is 0 Å². The maximum absolute atomic E-state index is 12.9. The average molecular weight is 299 g/mol. The van der Waals surface area contributed by atoms with Crippen molar-refractivity contribution in [3.63, 3.8) is 0 Å². The van der Waals surface area contributed by atoms with Gasteiger partial charge in [0.25, 0.3) is 0 Å². The Kier molecular flexibility index (Phi) is 2.72. The number of aryl methyl sites for hydroxylation is 1. The van der Waals surface area contributed by atoms with Crippen molar-refractivity contribution in [2.45, 2.75) is 18.6 Å². The Bertz CT molecular complexity index is 680. The van der Waals surface area contributed by atoms with Crippen molar-refractivity contribution in [2.24, 2.45) is 11.8 Å². The Morgan fingerprint density at radius 2 is 2.09 bits per heavy atom. The van der Waals surface area contributed by atoms with Crippen molar-refractivity contribution >= 4 is 17.6 Å². The molecule has 0 unspecified atom stereocenters. The average Bonchev–Trinajstić information content (AvgIpc) is 3.16. The van der Waals surface area contributed by atoms with E-state index in [-0.39, 0.29) is 18.0 Å². The van der Waals surface area contributed by atoms with Crippen molar-refractivity contribution in [1.82, 2.24) is 0 Å². The van der Waals surface area contributed by atoms with E-state index >= 15 is 0 Å². The molecule has 1 spiro atoms. The van der Waals surface area contributed by atoms with Crippen LogP contribution < -0.4 is 4.90 Å². The van der Waals surface area contributed by atoms with Gasteiger partial charge in [0.1, 0.15) is 11.5 Å². The summed E-state index contributed by atoms with van der Waals surface area (Å²) in [6.45, 7) is 2.45. The standard InChI is InChI=1S/C17H17NO4/c1-10-3-5-11(6-4-10)18-9-17-8-7-12(22-17)13(16(20)21-2)14(17)15(18)19/h3-8,12-14H,9H2,1-2H3/t12-,13-,14-,17+/m0/s1. The van der Waals surface area contributed by atoms with E-state index in [0.717, 1.165) is 11.3 Å². The second kappa shape index (κ2) is 4.43. The summed E-state index contributed by atoms with van der Waals surface area (Å²) in [6, 6.07) is 7.79. The predicted octanol–water partition coefficient (Wildman–Crippen LogP) is 1.45. The van der Waals surface area contributed by atoms with Crippen LogP contribution in [0.1, 0.15) is 5.56 Å². The van der Waals surface area contributed by atoms with Gasteiger partial charge in [-0.1, -0.05) is 29.8 Å². The number of esters is 1. The third-order valence-electron chi connectivity index (χ3n) is 4.92. The molecule has 0 radical (unpaired) electrons. The van der Waals surface area contributed by atoms with Crippen LogP contribution in [-0.4, -0.2) is 37.2 Å². The third kappa shape index (κ3) is 1.63. The molecule has 0 aromatic heterocycles. The van der Waals surface area contributed by atoms with E-state index in [1.54, 1.807) is 4.90 Å². The van der Waals surface area contributed by atoms with Gasteiger partial charge in [0.15, 0.2) is 0 Å². The second-order valence-corrected chi connectivity index (χ2v) is 6.18. The van der Waals surface area contributed by atoms with Gasteiger partial charge in [0.05, 0.1) is 25.7 Å². The maximum atomic E-state index is 12.9. The van der Waals surface area contributed by atoms with Crippen LogP contribution >= 0.6 is 0 Å². The van der Waals surface area contributed by atoms with Crippen LogP contribution in [-0.2, 0) is 19.1 Å². The minimum absolute atomic E-state index is 0.0638. The fraction of sp³-hybridized carbons (Fsp3) is 0.412. The molecule has 1 amide bonds. The van der Waals surface area contributed by atoms with Crippen LogP contribution in [0.15, 0.2) is 36.4 Å². The fourth-order valence-corrected chi connectivity index (χ4v) is 3.85. The lowest BCUT2D eigenvalue weighted by Gasteiger charge is -2.22. The largest absolute Gasteiger partial charge is 0.469 e. The van der Waals surface area contributed by atoms with Crippen molar-refractivity contribution in [3.8, 4) is 0 Å². The number of hydrogen-bond acceptors (Lipinski definition) is 4. The quantitative estimate of drug-likeness (QED) is 0.613. The van der Waals surface area contributed by atoms with E-state index in [1.807, 2.05) is 43.3 Å². The topological polar surface area (TPSA) is 55.8 Å². The van der Waals surface area contributed by atoms with Gasteiger partial charge in [-0.15, -0.1) is 0 Å². The van der Waals surface area contributed by atoms with Crippen LogP contribution in [0.4, 0.5) is 5.69 Å². The first kappa shape index (κ1) is 13.5. The third-order valence-corrected chi connectivity index (χ3v) is 4.92. The number of anilines is 1. The van der Waals surface area contributed by atoms with Crippen LogP contribution in [0, 0.1) is 18.8 Å². The molecular weight excluding hydrogens is 282 g/mol. The Morgan fingerprint density at radius 3 is 2.77 bits per heavy atom. The van der Waals surface area contributed by atoms with Gasteiger partial charge in [-0.05, 0) is 19.1 Å². The van der Waals surface area contributed by atoms with Gasteiger partial charge in [-0.2, -0.15) is 0 Å². The molecule has 2 saturated heterocycles. The maximum Gasteiger partial charge on any atom is 0.312 e. The summed E-state index contributed by atoms with van der Waals surface area (Å²) < 4.78 is 10.9. The zero-order valence-corrected chi connectivity index (χ0v) is 12.5. The number of amides is 1. The number of methoxy groups -OCH3 is 1. The van der Waals surface area contributed by atoms with Crippen molar-refractivity contribution < 1.29 is 19.1 Å². The number of carbonyl (C=O) groups excluding carboxylic acids is 2. The number of ether oxygens (including phenoxy) is 2. The summed E-state index contributed by atoms with van der Waals surface area (Å²) in [5.74, 6) is -1.47. The molecule has 1 aromatic carbocycles. The molecule has 3 heterocycles. The van der Waals surface area contributed by atoms with Crippen molar-refractivity contribution in [1.29, 1.82) is 0 Å². The summed E-state index contributed by atoms with van der Waals surface area (Å²) in [6.07, 6.45) is 3.47. The van der Waals surface area contributed by atoms with Crippen LogP contribution in [0.2, 0.25) is 0 Å².